The number of amides is 1. The van der Waals surface area contributed by atoms with E-state index < -0.39 is 5.54 Å². The van der Waals surface area contributed by atoms with Gasteiger partial charge in [0.25, 0.3) is 0 Å². The zero-order valence-electron chi connectivity index (χ0n) is 9.12. The van der Waals surface area contributed by atoms with Crippen LogP contribution in [0.1, 0.15) is 39.5 Å². The number of carbonyl (C=O) groups excluding carboxylic acids is 1. The number of hydrogen-bond donors (Lipinski definition) is 1. The molecule has 2 aliphatic carbocycles. The lowest BCUT2D eigenvalue weighted by molar-refractivity contribution is -0.136. The zero-order chi connectivity index (χ0) is 10.3. The summed E-state index contributed by atoms with van der Waals surface area (Å²) in [6.45, 7) is 4.55. The van der Waals surface area contributed by atoms with Gasteiger partial charge in [-0.15, -0.1) is 0 Å². The quantitative estimate of drug-likeness (QED) is 0.732. The summed E-state index contributed by atoms with van der Waals surface area (Å²) in [5.41, 5.74) is 5.15. The second-order valence-corrected chi connectivity index (χ2v) is 5.35. The molecule has 0 aromatic carbocycles. The summed E-state index contributed by atoms with van der Waals surface area (Å²) in [5, 5.41) is 0. The minimum absolute atomic E-state index is 0.131. The number of nitrogens with zero attached hydrogens (tertiary/aromatic N) is 1. The molecule has 2 rings (SSSR count). The molecule has 0 atom stereocenters. The Hall–Kier alpha value is -0.570. The van der Waals surface area contributed by atoms with E-state index >= 15 is 0 Å². The van der Waals surface area contributed by atoms with Crippen molar-refractivity contribution in [2.45, 2.75) is 51.1 Å². The van der Waals surface area contributed by atoms with Crippen LogP contribution in [-0.2, 0) is 4.79 Å². The van der Waals surface area contributed by atoms with Gasteiger partial charge in [-0.05, 0) is 45.4 Å². The largest absolute Gasteiger partial charge is 0.338 e. The Morgan fingerprint density at radius 3 is 2.29 bits per heavy atom. The van der Waals surface area contributed by atoms with Gasteiger partial charge in [0.2, 0.25) is 5.91 Å². The first-order valence-corrected chi connectivity index (χ1v) is 5.58. The molecular formula is C11H20N2O. The number of rotatable bonds is 4. The van der Waals surface area contributed by atoms with Gasteiger partial charge >= 0.3 is 0 Å². The van der Waals surface area contributed by atoms with Crippen LogP contribution in [-0.4, -0.2) is 28.9 Å². The molecule has 0 aromatic rings. The van der Waals surface area contributed by atoms with E-state index in [2.05, 4.69) is 0 Å². The van der Waals surface area contributed by atoms with Gasteiger partial charge in [0, 0.05) is 12.6 Å². The maximum Gasteiger partial charge on any atom is 0.242 e. The van der Waals surface area contributed by atoms with Crippen molar-refractivity contribution >= 4 is 5.91 Å². The second-order valence-electron chi connectivity index (χ2n) is 5.35. The van der Waals surface area contributed by atoms with Crippen LogP contribution in [0, 0.1) is 5.92 Å². The molecule has 14 heavy (non-hydrogen) atoms. The first-order chi connectivity index (χ1) is 6.48. The van der Waals surface area contributed by atoms with Crippen LogP contribution in [0.25, 0.3) is 0 Å². The molecule has 0 unspecified atom stereocenters. The molecule has 0 saturated heterocycles. The normalized spacial score (nSPS) is 22.2. The molecular weight excluding hydrogens is 176 g/mol. The van der Waals surface area contributed by atoms with Crippen LogP contribution < -0.4 is 5.73 Å². The number of hydrogen-bond acceptors (Lipinski definition) is 2. The van der Waals surface area contributed by atoms with Crippen LogP contribution in [0.2, 0.25) is 0 Å². The lowest BCUT2D eigenvalue weighted by Gasteiger charge is -2.29. The molecule has 0 radical (unpaired) electrons. The van der Waals surface area contributed by atoms with Crippen LogP contribution in [0.3, 0.4) is 0 Å². The summed E-state index contributed by atoms with van der Waals surface area (Å²) in [6.07, 6.45) is 4.94. The molecule has 3 heteroatoms. The highest BCUT2D eigenvalue weighted by Gasteiger charge is 2.40. The molecule has 2 fully saturated rings. The maximum absolute atomic E-state index is 12.0. The third kappa shape index (κ3) is 2.27. The molecule has 0 aromatic heterocycles. The highest BCUT2D eigenvalue weighted by molar-refractivity contribution is 5.85. The third-order valence-electron chi connectivity index (χ3n) is 2.95. The van der Waals surface area contributed by atoms with Crippen molar-refractivity contribution < 1.29 is 4.79 Å². The van der Waals surface area contributed by atoms with E-state index in [0.717, 1.165) is 12.5 Å². The van der Waals surface area contributed by atoms with Crippen LogP contribution in [0.5, 0.6) is 0 Å². The van der Waals surface area contributed by atoms with Crippen LogP contribution in [0.15, 0.2) is 0 Å². The van der Waals surface area contributed by atoms with E-state index in [4.69, 9.17) is 5.73 Å². The molecule has 0 spiro atoms. The SMILES string of the molecule is CC(C)(N)C(=O)N(CC1CC1)C1CC1. The first-order valence-electron chi connectivity index (χ1n) is 5.58. The molecule has 2 saturated carbocycles. The number of nitrogens with two attached hydrogens (primary N) is 1. The Bertz CT molecular complexity index is 236. The second kappa shape index (κ2) is 3.23. The Labute approximate surface area is 85.6 Å². The molecule has 0 bridgehead atoms. The van der Waals surface area contributed by atoms with Crippen molar-refractivity contribution in [3.05, 3.63) is 0 Å². The average Bonchev–Trinajstić information content (AvgIpc) is 2.89. The van der Waals surface area contributed by atoms with E-state index in [-0.39, 0.29) is 5.91 Å². The van der Waals surface area contributed by atoms with Gasteiger partial charge in [-0.1, -0.05) is 0 Å². The standard InChI is InChI=1S/C11H20N2O/c1-11(2,12)10(14)13(9-5-6-9)7-8-3-4-8/h8-9H,3-7,12H2,1-2H3. The summed E-state index contributed by atoms with van der Waals surface area (Å²) in [5.74, 6) is 0.897. The topological polar surface area (TPSA) is 46.3 Å². The van der Waals surface area contributed by atoms with Crippen LogP contribution >= 0.6 is 0 Å². The Kier molecular flexibility index (Phi) is 2.30. The highest BCUT2D eigenvalue weighted by Crippen LogP contribution is 2.35. The minimum Gasteiger partial charge on any atom is -0.338 e. The predicted molar refractivity (Wildman–Crippen MR) is 55.7 cm³/mol. The van der Waals surface area contributed by atoms with Crippen molar-refractivity contribution in [2.75, 3.05) is 6.54 Å². The van der Waals surface area contributed by atoms with E-state index in [1.165, 1.54) is 25.7 Å². The fraction of sp³-hybridized carbons (Fsp3) is 0.909. The smallest absolute Gasteiger partial charge is 0.242 e. The minimum atomic E-state index is -0.697. The van der Waals surface area contributed by atoms with Gasteiger partial charge in [-0.3, -0.25) is 4.79 Å². The summed E-state index contributed by atoms with van der Waals surface area (Å²) in [7, 11) is 0. The molecule has 2 N–H and O–H groups in total. The summed E-state index contributed by atoms with van der Waals surface area (Å²) in [4.78, 5) is 14.0. The van der Waals surface area contributed by atoms with E-state index in [9.17, 15) is 4.79 Å². The van der Waals surface area contributed by atoms with Gasteiger partial charge in [0.1, 0.15) is 0 Å². The van der Waals surface area contributed by atoms with Crippen molar-refractivity contribution in [2.24, 2.45) is 11.7 Å². The van der Waals surface area contributed by atoms with Gasteiger partial charge in [-0.2, -0.15) is 0 Å². The molecule has 80 valence electrons. The molecule has 1 amide bonds. The molecule has 0 heterocycles. The Morgan fingerprint density at radius 2 is 1.93 bits per heavy atom. The maximum atomic E-state index is 12.0. The van der Waals surface area contributed by atoms with Crippen LogP contribution in [0.4, 0.5) is 0 Å². The number of carbonyl (C=O) groups is 1. The Balaban J connectivity index is 1.97. The van der Waals surface area contributed by atoms with Crippen molar-refractivity contribution in [3.8, 4) is 0 Å². The fourth-order valence-corrected chi connectivity index (χ4v) is 1.73. The van der Waals surface area contributed by atoms with Gasteiger partial charge in [0.15, 0.2) is 0 Å². The third-order valence-corrected chi connectivity index (χ3v) is 2.95. The van der Waals surface area contributed by atoms with Gasteiger partial charge < -0.3 is 10.6 Å². The molecule has 3 nitrogen and oxygen atoms in total. The monoisotopic (exact) mass is 196 g/mol. The molecule has 0 aliphatic heterocycles. The van der Waals surface area contributed by atoms with Crippen molar-refractivity contribution in [1.82, 2.24) is 4.90 Å². The highest BCUT2D eigenvalue weighted by atomic mass is 16.2. The summed E-state index contributed by atoms with van der Waals surface area (Å²) < 4.78 is 0. The van der Waals surface area contributed by atoms with Gasteiger partial charge in [-0.25, -0.2) is 0 Å². The Morgan fingerprint density at radius 1 is 1.36 bits per heavy atom. The summed E-state index contributed by atoms with van der Waals surface area (Å²) in [6, 6.07) is 0.505. The lowest BCUT2D eigenvalue weighted by atomic mass is 10.1. The average molecular weight is 196 g/mol. The first kappa shape index (κ1) is 9.97. The van der Waals surface area contributed by atoms with Crippen molar-refractivity contribution in [3.63, 3.8) is 0 Å². The van der Waals surface area contributed by atoms with E-state index in [1.54, 1.807) is 13.8 Å². The predicted octanol–water partition coefficient (Wildman–Crippen LogP) is 1.12. The van der Waals surface area contributed by atoms with E-state index in [0.29, 0.717) is 6.04 Å². The summed E-state index contributed by atoms with van der Waals surface area (Å²) >= 11 is 0. The van der Waals surface area contributed by atoms with Crippen molar-refractivity contribution in [1.29, 1.82) is 0 Å². The molecule has 2 aliphatic rings. The lowest BCUT2D eigenvalue weighted by Crippen LogP contribution is -2.52. The van der Waals surface area contributed by atoms with Gasteiger partial charge in [0.05, 0.1) is 5.54 Å². The fourth-order valence-electron chi connectivity index (χ4n) is 1.73. The zero-order valence-corrected chi connectivity index (χ0v) is 9.12. The van der Waals surface area contributed by atoms with E-state index in [1.807, 2.05) is 4.90 Å².